The van der Waals surface area contributed by atoms with Crippen LogP contribution in [0.4, 0.5) is 0 Å². The van der Waals surface area contributed by atoms with Gasteiger partial charge in [-0.1, -0.05) is 61.0 Å². The Labute approximate surface area is 125 Å². The summed E-state index contributed by atoms with van der Waals surface area (Å²) in [6.07, 6.45) is 0.145. The third kappa shape index (κ3) is 3.83. The first-order valence-corrected chi connectivity index (χ1v) is 7.19. The fourth-order valence-corrected chi connectivity index (χ4v) is 2.54. The Hall–Kier alpha value is -1.35. The molecule has 20 heavy (non-hydrogen) atoms. The quantitative estimate of drug-likeness (QED) is 0.884. The van der Waals surface area contributed by atoms with E-state index < -0.39 is 6.10 Å². The maximum absolute atomic E-state index is 10.4. The Bertz CT molecular complexity index is 544. The van der Waals surface area contributed by atoms with Crippen LogP contribution in [0.1, 0.15) is 24.2 Å². The smallest absolute Gasteiger partial charge is 0.0944 e. The van der Waals surface area contributed by atoms with Crippen LogP contribution in [0.2, 0.25) is 5.02 Å². The van der Waals surface area contributed by atoms with Gasteiger partial charge < -0.3 is 10.8 Å². The molecule has 3 heteroatoms. The fraction of sp³-hybridized carbons (Fsp3) is 0.294. The molecular weight excluding hydrogens is 270 g/mol. The Balaban J connectivity index is 2.04. The van der Waals surface area contributed by atoms with Crippen molar-refractivity contribution in [2.75, 3.05) is 0 Å². The zero-order valence-electron chi connectivity index (χ0n) is 11.5. The van der Waals surface area contributed by atoms with Gasteiger partial charge in [0.15, 0.2) is 0 Å². The van der Waals surface area contributed by atoms with Crippen LogP contribution in [-0.4, -0.2) is 11.1 Å². The summed E-state index contributed by atoms with van der Waals surface area (Å²) in [7, 11) is 0. The summed E-state index contributed by atoms with van der Waals surface area (Å²) in [6.45, 7) is 2.06. The summed E-state index contributed by atoms with van der Waals surface area (Å²) in [5.74, 6) is 0.173. The van der Waals surface area contributed by atoms with Gasteiger partial charge in [-0.15, -0.1) is 0 Å². The maximum atomic E-state index is 10.4. The van der Waals surface area contributed by atoms with E-state index in [9.17, 15) is 5.11 Å². The molecule has 2 rings (SSSR count). The molecule has 1 unspecified atom stereocenters. The molecule has 0 saturated heterocycles. The number of hydrogen-bond donors (Lipinski definition) is 2. The van der Waals surface area contributed by atoms with Crippen LogP contribution >= 0.6 is 11.6 Å². The minimum absolute atomic E-state index is 0.173. The van der Waals surface area contributed by atoms with Gasteiger partial charge in [0.05, 0.1) is 6.10 Å². The standard InChI is InChI=1S/C17H20ClNO/c1-12(10-13-6-3-2-4-7-13)16(19)17(20)14-8-5-9-15(18)11-14/h2-9,11-12,16-17,20H,10,19H2,1H3/t12?,16-,17-/m1/s1. The average molecular weight is 290 g/mol. The van der Waals surface area contributed by atoms with Crippen molar-refractivity contribution in [1.29, 1.82) is 0 Å². The number of aliphatic hydroxyl groups is 1. The van der Waals surface area contributed by atoms with Gasteiger partial charge in [-0.25, -0.2) is 0 Å². The summed E-state index contributed by atoms with van der Waals surface area (Å²) in [4.78, 5) is 0. The molecule has 2 aromatic rings. The van der Waals surface area contributed by atoms with E-state index >= 15 is 0 Å². The number of nitrogens with two attached hydrogens (primary N) is 1. The topological polar surface area (TPSA) is 46.2 Å². The van der Waals surface area contributed by atoms with Crippen LogP contribution in [0.3, 0.4) is 0 Å². The van der Waals surface area contributed by atoms with Crippen LogP contribution in [0, 0.1) is 5.92 Å². The number of rotatable bonds is 5. The zero-order chi connectivity index (χ0) is 14.5. The normalized spacial score (nSPS) is 15.6. The SMILES string of the molecule is CC(Cc1ccccc1)[C@@H](N)[C@H](O)c1cccc(Cl)c1. The van der Waals surface area contributed by atoms with E-state index in [1.807, 2.05) is 30.3 Å². The van der Waals surface area contributed by atoms with Crippen molar-refractivity contribution < 1.29 is 5.11 Å². The van der Waals surface area contributed by atoms with E-state index in [1.165, 1.54) is 5.56 Å². The van der Waals surface area contributed by atoms with Gasteiger partial charge in [-0.2, -0.15) is 0 Å². The van der Waals surface area contributed by atoms with E-state index in [-0.39, 0.29) is 12.0 Å². The lowest BCUT2D eigenvalue weighted by Gasteiger charge is -2.25. The minimum Gasteiger partial charge on any atom is -0.387 e. The molecule has 106 valence electrons. The van der Waals surface area contributed by atoms with Crippen molar-refractivity contribution in [3.8, 4) is 0 Å². The van der Waals surface area contributed by atoms with E-state index in [2.05, 4.69) is 19.1 Å². The monoisotopic (exact) mass is 289 g/mol. The molecule has 0 fully saturated rings. The van der Waals surface area contributed by atoms with Gasteiger partial charge >= 0.3 is 0 Å². The van der Waals surface area contributed by atoms with Crippen molar-refractivity contribution in [1.82, 2.24) is 0 Å². The lowest BCUT2D eigenvalue weighted by atomic mass is 9.88. The summed E-state index contributed by atoms with van der Waals surface area (Å²) in [6, 6.07) is 17.1. The van der Waals surface area contributed by atoms with E-state index in [1.54, 1.807) is 12.1 Å². The predicted octanol–water partition coefficient (Wildman–Crippen LogP) is 3.58. The second-order valence-electron chi connectivity index (χ2n) is 5.24. The summed E-state index contributed by atoms with van der Waals surface area (Å²) in [5, 5.41) is 11.0. The van der Waals surface area contributed by atoms with Crippen molar-refractivity contribution in [3.05, 3.63) is 70.7 Å². The van der Waals surface area contributed by atoms with Gasteiger partial charge in [0.1, 0.15) is 0 Å². The molecule has 0 radical (unpaired) electrons. The van der Waals surface area contributed by atoms with Gasteiger partial charge in [0.25, 0.3) is 0 Å². The third-order valence-corrected chi connectivity index (χ3v) is 3.85. The molecule has 0 heterocycles. The molecule has 0 aromatic heterocycles. The minimum atomic E-state index is -0.701. The number of hydrogen-bond acceptors (Lipinski definition) is 2. The lowest BCUT2D eigenvalue weighted by Crippen LogP contribution is -2.36. The Morgan fingerprint density at radius 1 is 1.10 bits per heavy atom. The van der Waals surface area contributed by atoms with E-state index in [0.717, 1.165) is 12.0 Å². The van der Waals surface area contributed by atoms with Crippen LogP contribution in [0.25, 0.3) is 0 Å². The van der Waals surface area contributed by atoms with Crippen molar-refractivity contribution in [2.24, 2.45) is 11.7 Å². The number of aliphatic hydroxyl groups excluding tert-OH is 1. The third-order valence-electron chi connectivity index (χ3n) is 3.61. The Morgan fingerprint density at radius 3 is 2.45 bits per heavy atom. The highest BCUT2D eigenvalue weighted by atomic mass is 35.5. The highest BCUT2D eigenvalue weighted by Crippen LogP contribution is 2.24. The second kappa shape index (κ2) is 6.89. The van der Waals surface area contributed by atoms with Gasteiger partial charge in [-0.3, -0.25) is 0 Å². The highest BCUT2D eigenvalue weighted by Gasteiger charge is 2.23. The molecule has 0 aliphatic carbocycles. The Kier molecular flexibility index (Phi) is 5.18. The van der Waals surface area contributed by atoms with Crippen LogP contribution in [0.5, 0.6) is 0 Å². The van der Waals surface area contributed by atoms with Crippen LogP contribution in [-0.2, 0) is 6.42 Å². The van der Waals surface area contributed by atoms with Gasteiger partial charge in [0, 0.05) is 11.1 Å². The first kappa shape index (κ1) is 15.0. The van der Waals surface area contributed by atoms with Gasteiger partial charge in [-0.05, 0) is 35.6 Å². The van der Waals surface area contributed by atoms with E-state index in [4.69, 9.17) is 17.3 Å². The second-order valence-corrected chi connectivity index (χ2v) is 5.68. The van der Waals surface area contributed by atoms with Gasteiger partial charge in [0.2, 0.25) is 0 Å². The predicted molar refractivity (Wildman–Crippen MR) is 83.7 cm³/mol. The lowest BCUT2D eigenvalue weighted by molar-refractivity contribution is 0.121. The van der Waals surface area contributed by atoms with Crippen molar-refractivity contribution in [2.45, 2.75) is 25.5 Å². The fourth-order valence-electron chi connectivity index (χ4n) is 2.35. The molecule has 0 aliphatic heterocycles. The Morgan fingerprint density at radius 2 is 1.80 bits per heavy atom. The summed E-state index contributed by atoms with van der Waals surface area (Å²) in [5.41, 5.74) is 8.20. The molecule has 0 amide bonds. The number of benzene rings is 2. The summed E-state index contributed by atoms with van der Waals surface area (Å²) >= 11 is 5.95. The molecule has 0 bridgehead atoms. The molecule has 0 aliphatic rings. The first-order valence-electron chi connectivity index (χ1n) is 6.81. The highest BCUT2D eigenvalue weighted by molar-refractivity contribution is 6.30. The average Bonchev–Trinajstić information content (AvgIpc) is 2.46. The molecule has 3 N–H and O–H groups in total. The first-order chi connectivity index (χ1) is 9.58. The molecule has 0 saturated carbocycles. The van der Waals surface area contributed by atoms with Crippen molar-refractivity contribution >= 4 is 11.6 Å². The largest absolute Gasteiger partial charge is 0.387 e. The number of halogens is 1. The molecule has 0 spiro atoms. The van der Waals surface area contributed by atoms with Crippen LogP contribution < -0.4 is 5.73 Å². The maximum Gasteiger partial charge on any atom is 0.0944 e. The van der Waals surface area contributed by atoms with E-state index in [0.29, 0.717) is 5.02 Å². The van der Waals surface area contributed by atoms with Crippen molar-refractivity contribution in [3.63, 3.8) is 0 Å². The molecule has 2 aromatic carbocycles. The summed E-state index contributed by atoms with van der Waals surface area (Å²) < 4.78 is 0. The zero-order valence-corrected chi connectivity index (χ0v) is 12.3. The van der Waals surface area contributed by atoms with Crippen LogP contribution in [0.15, 0.2) is 54.6 Å². The molecular formula is C17H20ClNO. The molecule has 3 atom stereocenters. The molecule has 2 nitrogen and oxygen atoms in total.